The first-order chi connectivity index (χ1) is 12.3. The number of ether oxygens (including phenoxy) is 2. The third-order valence-corrected chi connectivity index (χ3v) is 5.04. The normalized spacial score (nSPS) is 10.3. The average Bonchev–Trinajstić information content (AvgIpc) is 3.13. The Hall–Kier alpha value is -2.46. The molecule has 2 aromatic rings. The number of carbonyl (C=O) groups is 2. The molecular weight excluding hydrogens is 376 g/mol. The van der Waals surface area contributed by atoms with E-state index in [-0.39, 0.29) is 10.7 Å². The van der Waals surface area contributed by atoms with Crippen molar-refractivity contribution in [2.75, 3.05) is 24.9 Å². The van der Waals surface area contributed by atoms with Crippen LogP contribution in [0, 0.1) is 13.8 Å². The van der Waals surface area contributed by atoms with Gasteiger partial charge in [-0.25, -0.2) is 9.59 Å². The zero-order valence-corrected chi connectivity index (χ0v) is 16.8. The minimum absolute atomic E-state index is 0.253. The smallest absolute Gasteiger partial charge is 0.348 e. The van der Waals surface area contributed by atoms with Crippen molar-refractivity contribution in [1.29, 1.82) is 0 Å². The molecule has 26 heavy (non-hydrogen) atoms. The van der Waals surface area contributed by atoms with Crippen LogP contribution in [0.25, 0.3) is 0 Å². The van der Waals surface area contributed by atoms with Crippen molar-refractivity contribution in [3.63, 3.8) is 0 Å². The van der Waals surface area contributed by atoms with Gasteiger partial charge in [-0.2, -0.15) is 5.10 Å². The molecule has 0 amide bonds. The van der Waals surface area contributed by atoms with E-state index < -0.39 is 11.9 Å². The lowest BCUT2D eigenvalue weighted by Gasteiger charge is -2.09. The molecule has 0 spiro atoms. The van der Waals surface area contributed by atoms with Gasteiger partial charge in [0.25, 0.3) is 0 Å². The Morgan fingerprint density at radius 1 is 1.23 bits per heavy atom. The molecule has 0 aliphatic carbocycles. The highest BCUT2D eigenvalue weighted by molar-refractivity contribution is 7.80. The van der Waals surface area contributed by atoms with Gasteiger partial charge in [-0.1, -0.05) is 0 Å². The van der Waals surface area contributed by atoms with Crippen molar-refractivity contribution < 1.29 is 19.1 Å². The summed E-state index contributed by atoms with van der Waals surface area (Å²) in [6.07, 6.45) is 1.84. The summed E-state index contributed by atoms with van der Waals surface area (Å²) in [7, 11) is 2.56. The second-order valence-corrected chi connectivity index (χ2v) is 6.74. The van der Waals surface area contributed by atoms with Crippen LogP contribution in [-0.4, -0.2) is 41.1 Å². The molecule has 0 saturated heterocycles. The summed E-state index contributed by atoms with van der Waals surface area (Å²) >= 11 is 6.41. The van der Waals surface area contributed by atoms with E-state index in [1.54, 1.807) is 11.6 Å². The molecule has 0 saturated carbocycles. The van der Waals surface area contributed by atoms with E-state index in [0.717, 1.165) is 29.3 Å². The van der Waals surface area contributed by atoms with Gasteiger partial charge in [-0.15, -0.1) is 11.3 Å². The molecule has 2 aromatic heterocycles. The van der Waals surface area contributed by atoms with Crippen molar-refractivity contribution in [3.05, 3.63) is 27.9 Å². The van der Waals surface area contributed by atoms with Crippen molar-refractivity contribution in [2.24, 2.45) is 0 Å². The molecule has 0 fully saturated rings. The maximum absolute atomic E-state index is 12.1. The van der Waals surface area contributed by atoms with Crippen LogP contribution in [-0.2, 0) is 16.0 Å². The van der Waals surface area contributed by atoms with Gasteiger partial charge in [-0.05, 0) is 38.6 Å². The Kier molecular flexibility index (Phi) is 6.32. The van der Waals surface area contributed by atoms with Gasteiger partial charge in [0.1, 0.15) is 9.88 Å². The fourth-order valence-electron chi connectivity index (χ4n) is 2.30. The minimum Gasteiger partial charge on any atom is -0.465 e. The first-order valence-corrected chi connectivity index (χ1v) is 8.96. The summed E-state index contributed by atoms with van der Waals surface area (Å²) in [5.41, 5.74) is 2.28. The predicted octanol–water partition coefficient (Wildman–Crippen LogP) is 2.96. The standard InChI is InChI=1S/C16H20N4O4S2/c1-6-20-7-10(9(3)19-20)17-16(25)18-13-11(14(21)23-4)8(2)12(26-13)15(22)24-5/h7H,6H2,1-5H3,(H2,17,18,25). The largest absolute Gasteiger partial charge is 0.465 e. The van der Waals surface area contributed by atoms with Crippen molar-refractivity contribution >= 4 is 51.3 Å². The molecule has 0 radical (unpaired) electrons. The lowest BCUT2D eigenvalue weighted by atomic mass is 10.1. The number of anilines is 2. The Morgan fingerprint density at radius 2 is 1.88 bits per heavy atom. The summed E-state index contributed by atoms with van der Waals surface area (Å²) in [6.45, 7) is 6.24. The molecule has 10 heteroatoms. The molecule has 0 unspecified atom stereocenters. The van der Waals surface area contributed by atoms with Crippen LogP contribution in [0.3, 0.4) is 0 Å². The maximum atomic E-state index is 12.1. The van der Waals surface area contributed by atoms with E-state index in [9.17, 15) is 9.59 Å². The number of methoxy groups -OCH3 is 2. The van der Waals surface area contributed by atoms with Gasteiger partial charge < -0.3 is 20.1 Å². The summed E-state index contributed by atoms with van der Waals surface area (Å²) in [5.74, 6) is -1.08. The number of esters is 2. The summed E-state index contributed by atoms with van der Waals surface area (Å²) in [6, 6.07) is 0. The average molecular weight is 396 g/mol. The molecule has 140 valence electrons. The zero-order valence-electron chi connectivity index (χ0n) is 15.1. The zero-order chi connectivity index (χ0) is 19.4. The third kappa shape index (κ3) is 4.02. The number of hydrogen-bond acceptors (Lipinski definition) is 7. The molecular formula is C16H20N4O4S2. The molecule has 2 rings (SSSR count). The quantitative estimate of drug-likeness (QED) is 0.588. The number of rotatable bonds is 5. The molecule has 0 aliphatic heterocycles. The molecule has 2 N–H and O–H groups in total. The number of aryl methyl sites for hydroxylation is 2. The van der Waals surface area contributed by atoms with Gasteiger partial charge in [0.2, 0.25) is 0 Å². The van der Waals surface area contributed by atoms with Gasteiger partial charge in [0.15, 0.2) is 5.11 Å². The second kappa shape index (κ2) is 8.28. The highest BCUT2D eigenvalue weighted by Crippen LogP contribution is 2.34. The first-order valence-electron chi connectivity index (χ1n) is 7.74. The Balaban J connectivity index is 2.29. The Labute approximate surface area is 160 Å². The van der Waals surface area contributed by atoms with Gasteiger partial charge >= 0.3 is 11.9 Å². The minimum atomic E-state index is -0.561. The Bertz CT molecular complexity index is 857. The number of nitrogens with zero attached hydrogens (tertiary/aromatic N) is 2. The van der Waals surface area contributed by atoms with Crippen molar-refractivity contribution in [3.8, 4) is 0 Å². The molecule has 8 nitrogen and oxygen atoms in total. The Morgan fingerprint density at radius 3 is 2.42 bits per heavy atom. The van der Waals surface area contributed by atoms with Crippen LogP contribution < -0.4 is 10.6 Å². The highest BCUT2D eigenvalue weighted by Gasteiger charge is 2.26. The maximum Gasteiger partial charge on any atom is 0.348 e. The first kappa shape index (κ1) is 19.9. The molecule has 0 bridgehead atoms. The monoisotopic (exact) mass is 396 g/mol. The summed E-state index contributed by atoms with van der Waals surface area (Å²) in [5, 5.41) is 11.0. The van der Waals surface area contributed by atoms with Crippen LogP contribution in [0.1, 0.15) is 38.2 Å². The van der Waals surface area contributed by atoms with E-state index in [1.165, 1.54) is 14.2 Å². The molecule has 0 aliphatic rings. The lowest BCUT2D eigenvalue weighted by Crippen LogP contribution is -2.20. The molecule has 0 atom stereocenters. The lowest BCUT2D eigenvalue weighted by molar-refractivity contribution is 0.0601. The molecule has 2 heterocycles. The number of hydrogen-bond donors (Lipinski definition) is 2. The summed E-state index contributed by atoms with van der Waals surface area (Å²) in [4.78, 5) is 24.4. The van der Waals surface area contributed by atoms with Crippen LogP contribution in [0.4, 0.5) is 10.7 Å². The second-order valence-electron chi connectivity index (χ2n) is 5.31. The number of thiophene rings is 1. The van der Waals surface area contributed by atoms with Crippen molar-refractivity contribution in [2.45, 2.75) is 27.3 Å². The van der Waals surface area contributed by atoms with Gasteiger partial charge in [0.05, 0.1) is 31.2 Å². The van der Waals surface area contributed by atoms with E-state index in [2.05, 4.69) is 15.7 Å². The third-order valence-electron chi connectivity index (χ3n) is 3.65. The summed E-state index contributed by atoms with van der Waals surface area (Å²) < 4.78 is 11.4. The number of nitrogens with one attached hydrogen (secondary N) is 2. The number of aromatic nitrogens is 2. The van der Waals surface area contributed by atoms with E-state index in [0.29, 0.717) is 15.4 Å². The van der Waals surface area contributed by atoms with E-state index in [1.807, 2.05) is 20.0 Å². The van der Waals surface area contributed by atoms with Crippen LogP contribution >= 0.6 is 23.6 Å². The number of thiocarbonyl (C=S) groups is 1. The van der Waals surface area contributed by atoms with Gasteiger partial charge in [0, 0.05) is 12.7 Å². The molecule has 0 aromatic carbocycles. The topological polar surface area (TPSA) is 94.5 Å². The SMILES string of the molecule is CCn1cc(NC(=S)Nc2sc(C(=O)OC)c(C)c2C(=O)OC)c(C)n1. The fraction of sp³-hybridized carbons (Fsp3) is 0.375. The fourth-order valence-corrected chi connectivity index (χ4v) is 3.69. The van der Waals surface area contributed by atoms with Crippen LogP contribution in [0.2, 0.25) is 0 Å². The van der Waals surface area contributed by atoms with Crippen LogP contribution in [0.15, 0.2) is 6.20 Å². The van der Waals surface area contributed by atoms with E-state index in [4.69, 9.17) is 21.7 Å². The van der Waals surface area contributed by atoms with Crippen LogP contribution in [0.5, 0.6) is 0 Å². The van der Waals surface area contributed by atoms with E-state index >= 15 is 0 Å². The van der Waals surface area contributed by atoms with Gasteiger partial charge in [-0.3, -0.25) is 4.68 Å². The number of carbonyl (C=O) groups excluding carboxylic acids is 2. The van der Waals surface area contributed by atoms with Crippen molar-refractivity contribution in [1.82, 2.24) is 9.78 Å². The highest BCUT2D eigenvalue weighted by atomic mass is 32.1. The predicted molar refractivity (Wildman–Crippen MR) is 104 cm³/mol.